The predicted molar refractivity (Wildman–Crippen MR) is 99.9 cm³/mol. The van der Waals surface area contributed by atoms with Crippen molar-refractivity contribution in [2.75, 3.05) is 0 Å². The predicted octanol–water partition coefficient (Wildman–Crippen LogP) is 4.52. The van der Waals surface area contributed by atoms with Crippen molar-refractivity contribution < 1.29 is 4.52 Å². The second-order valence-corrected chi connectivity index (χ2v) is 6.87. The fourth-order valence-electron chi connectivity index (χ4n) is 3.20. The third-order valence-electron chi connectivity index (χ3n) is 4.69. The number of hydrogen-bond donors (Lipinski definition) is 0. The van der Waals surface area contributed by atoms with Gasteiger partial charge in [-0.3, -0.25) is 0 Å². The van der Waals surface area contributed by atoms with Crippen LogP contribution in [0.5, 0.6) is 0 Å². The molecule has 0 spiro atoms. The number of aryl methyl sites for hydroxylation is 1. The molecule has 4 aromatic rings. The minimum absolute atomic E-state index is 0.0687. The van der Waals surface area contributed by atoms with Crippen molar-refractivity contribution in [2.45, 2.75) is 39.7 Å². The van der Waals surface area contributed by atoms with Gasteiger partial charge >= 0.3 is 0 Å². The van der Waals surface area contributed by atoms with Gasteiger partial charge in [-0.1, -0.05) is 41.6 Å². The Morgan fingerprint density at radius 3 is 2.62 bits per heavy atom. The first-order valence-electron chi connectivity index (χ1n) is 8.79. The van der Waals surface area contributed by atoms with Crippen molar-refractivity contribution >= 4 is 11.0 Å². The number of benzene rings is 2. The molecule has 2 aromatic carbocycles. The highest BCUT2D eigenvalue weighted by atomic mass is 16.5. The lowest BCUT2D eigenvalue weighted by atomic mass is 9.96. The van der Waals surface area contributed by atoms with E-state index in [1.807, 2.05) is 35.0 Å². The van der Waals surface area contributed by atoms with Crippen molar-refractivity contribution in [1.82, 2.24) is 25.1 Å². The van der Waals surface area contributed by atoms with Crippen LogP contribution in [0, 0.1) is 6.92 Å². The first kappa shape index (κ1) is 16.4. The summed E-state index contributed by atoms with van der Waals surface area (Å²) in [5, 5.41) is 12.7. The molecule has 1 unspecified atom stereocenters. The molecule has 0 aliphatic carbocycles. The van der Waals surface area contributed by atoms with Gasteiger partial charge in [0.25, 0.3) is 5.89 Å². The van der Waals surface area contributed by atoms with Gasteiger partial charge in [-0.05, 0) is 50.1 Å². The summed E-state index contributed by atoms with van der Waals surface area (Å²) < 4.78 is 7.42. The van der Waals surface area contributed by atoms with Crippen LogP contribution in [0.25, 0.3) is 22.5 Å². The Bertz CT molecular complexity index is 1060. The van der Waals surface area contributed by atoms with Gasteiger partial charge in [0.2, 0.25) is 0 Å². The van der Waals surface area contributed by atoms with Crippen LogP contribution in [-0.2, 0) is 0 Å². The summed E-state index contributed by atoms with van der Waals surface area (Å²) in [6.07, 6.45) is 0. The SMILES string of the molecule is Cc1ccccc1C(C)c1noc(-c2ccc3c(c2)nnn3C(C)C)n1. The van der Waals surface area contributed by atoms with Crippen molar-refractivity contribution in [2.24, 2.45) is 0 Å². The van der Waals surface area contributed by atoms with E-state index < -0.39 is 0 Å². The Hall–Kier alpha value is -3.02. The van der Waals surface area contributed by atoms with Gasteiger partial charge in [0.15, 0.2) is 5.82 Å². The molecule has 6 heteroatoms. The summed E-state index contributed by atoms with van der Waals surface area (Å²) in [5.74, 6) is 1.25. The minimum atomic E-state index is 0.0687. The third-order valence-corrected chi connectivity index (χ3v) is 4.69. The van der Waals surface area contributed by atoms with E-state index in [4.69, 9.17) is 4.52 Å². The zero-order valence-corrected chi connectivity index (χ0v) is 15.3. The highest BCUT2D eigenvalue weighted by Gasteiger charge is 2.18. The summed E-state index contributed by atoms with van der Waals surface area (Å²) in [6, 6.07) is 14.4. The molecule has 0 bridgehead atoms. The molecule has 0 aliphatic heterocycles. The van der Waals surface area contributed by atoms with E-state index in [1.54, 1.807) is 0 Å². The van der Waals surface area contributed by atoms with E-state index in [0.29, 0.717) is 11.7 Å². The molecule has 26 heavy (non-hydrogen) atoms. The lowest BCUT2D eigenvalue weighted by molar-refractivity contribution is 0.420. The maximum absolute atomic E-state index is 5.52. The van der Waals surface area contributed by atoms with Gasteiger partial charge in [-0.15, -0.1) is 5.10 Å². The van der Waals surface area contributed by atoms with Gasteiger partial charge in [-0.25, -0.2) is 4.68 Å². The quantitative estimate of drug-likeness (QED) is 0.543. The zero-order valence-electron chi connectivity index (χ0n) is 15.3. The Labute approximate surface area is 151 Å². The molecular weight excluding hydrogens is 326 g/mol. The Kier molecular flexibility index (Phi) is 4.03. The molecule has 0 saturated carbocycles. The summed E-state index contributed by atoms with van der Waals surface area (Å²) >= 11 is 0. The van der Waals surface area contributed by atoms with Gasteiger partial charge in [-0.2, -0.15) is 4.98 Å². The highest BCUT2D eigenvalue weighted by Crippen LogP contribution is 2.28. The lowest BCUT2D eigenvalue weighted by Gasteiger charge is -2.10. The van der Waals surface area contributed by atoms with Crippen LogP contribution in [-0.4, -0.2) is 25.1 Å². The number of nitrogens with zero attached hydrogens (tertiary/aromatic N) is 5. The Morgan fingerprint density at radius 2 is 1.85 bits per heavy atom. The lowest BCUT2D eigenvalue weighted by Crippen LogP contribution is -2.02. The third kappa shape index (κ3) is 2.77. The molecule has 2 heterocycles. The smallest absolute Gasteiger partial charge is 0.258 e. The molecule has 0 fully saturated rings. The van der Waals surface area contributed by atoms with Crippen LogP contribution >= 0.6 is 0 Å². The summed E-state index contributed by atoms with van der Waals surface area (Å²) in [5.41, 5.74) is 5.09. The molecular formula is C20H21N5O. The first-order chi connectivity index (χ1) is 12.5. The molecule has 132 valence electrons. The maximum Gasteiger partial charge on any atom is 0.258 e. The summed E-state index contributed by atoms with van der Waals surface area (Å²) in [7, 11) is 0. The van der Waals surface area contributed by atoms with E-state index in [1.165, 1.54) is 11.1 Å². The molecule has 6 nitrogen and oxygen atoms in total. The first-order valence-corrected chi connectivity index (χ1v) is 8.79. The van der Waals surface area contributed by atoms with Crippen LogP contribution in [0.1, 0.15) is 49.7 Å². The maximum atomic E-state index is 5.52. The fraction of sp³-hybridized carbons (Fsp3) is 0.300. The summed E-state index contributed by atoms with van der Waals surface area (Å²) in [6.45, 7) is 8.35. The van der Waals surface area contributed by atoms with Crippen LogP contribution in [0.15, 0.2) is 47.0 Å². The Morgan fingerprint density at radius 1 is 1.04 bits per heavy atom. The average Bonchev–Trinajstić information content (AvgIpc) is 3.28. The topological polar surface area (TPSA) is 69.6 Å². The van der Waals surface area contributed by atoms with Gasteiger partial charge < -0.3 is 4.52 Å². The van der Waals surface area contributed by atoms with E-state index in [0.717, 1.165) is 16.6 Å². The molecule has 4 rings (SSSR count). The van der Waals surface area contributed by atoms with Crippen LogP contribution in [0.2, 0.25) is 0 Å². The standard InChI is InChI=1S/C20H21N5O/c1-12(2)25-18-10-9-15(11-17(18)22-24-25)20-21-19(23-26-20)14(4)16-8-6-5-7-13(16)3/h5-12,14H,1-4H3. The second kappa shape index (κ2) is 6.37. The van der Waals surface area contributed by atoms with Gasteiger partial charge in [0.1, 0.15) is 5.52 Å². The van der Waals surface area contributed by atoms with E-state index >= 15 is 0 Å². The van der Waals surface area contributed by atoms with Crippen molar-refractivity contribution in [1.29, 1.82) is 0 Å². The van der Waals surface area contributed by atoms with Gasteiger partial charge in [0.05, 0.1) is 5.52 Å². The fourth-order valence-corrected chi connectivity index (χ4v) is 3.20. The molecule has 1 atom stereocenters. The van der Waals surface area contributed by atoms with Crippen LogP contribution in [0.3, 0.4) is 0 Å². The highest BCUT2D eigenvalue weighted by molar-refractivity contribution is 5.79. The van der Waals surface area contributed by atoms with Crippen LogP contribution < -0.4 is 0 Å². The molecule has 0 aliphatic rings. The minimum Gasteiger partial charge on any atom is -0.334 e. The number of rotatable bonds is 4. The molecule has 0 N–H and O–H groups in total. The molecule has 0 radical (unpaired) electrons. The molecule has 0 saturated heterocycles. The van der Waals surface area contributed by atoms with Crippen LogP contribution in [0.4, 0.5) is 0 Å². The number of aromatic nitrogens is 5. The van der Waals surface area contributed by atoms with Gasteiger partial charge in [0, 0.05) is 17.5 Å². The Balaban J connectivity index is 1.68. The van der Waals surface area contributed by atoms with Crippen molar-refractivity contribution in [3.63, 3.8) is 0 Å². The number of fused-ring (bicyclic) bond motifs is 1. The largest absolute Gasteiger partial charge is 0.334 e. The molecule has 2 aromatic heterocycles. The zero-order chi connectivity index (χ0) is 18.3. The second-order valence-electron chi connectivity index (χ2n) is 6.87. The van der Waals surface area contributed by atoms with E-state index in [2.05, 4.69) is 60.3 Å². The van der Waals surface area contributed by atoms with E-state index in [-0.39, 0.29) is 12.0 Å². The summed E-state index contributed by atoms with van der Waals surface area (Å²) in [4.78, 5) is 4.61. The van der Waals surface area contributed by atoms with Crippen molar-refractivity contribution in [3.8, 4) is 11.5 Å². The molecule has 0 amide bonds. The van der Waals surface area contributed by atoms with Crippen molar-refractivity contribution in [3.05, 3.63) is 59.4 Å². The van der Waals surface area contributed by atoms with E-state index in [9.17, 15) is 0 Å². The number of hydrogen-bond acceptors (Lipinski definition) is 5. The monoisotopic (exact) mass is 347 g/mol. The normalized spacial score (nSPS) is 12.8. The average molecular weight is 347 g/mol.